The van der Waals surface area contributed by atoms with Gasteiger partial charge in [-0.3, -0.25) is 4.79 Å². The van der Waals surface area contributed by atoms with Crippen LogP contribution in [0.4, 0.5) is 11.5 Å². The van der Waals surface area contributed by atoms with Gasteiger partial charge in [-0.2, -0.15) is 0 Å². The third-order valence-electron chi connectivity index (χ3n) is 5.06. The molecule has 1 aliphatic heterocycles. The van der Waals surface area contributed by atoms with E-state index < -0.39 is 0 Å². The molecule has 1 aromatic carbocycles. The quantitative estimate of drug-likeness (QED) is 0.638. The molecule has 1 atom stereocenters. The smallest absolute Gasteiger partial charge is 0.294 e. The van der Waals surface area contributed by atoms with Crippen LogP contribution in [-0.2, 0) is 6.42 Å². The van der Waals surface area contributed by atoms with Gasteiger partial charge in [0.1, 0.15) is 5.15 Å². The first-order valence-corrected chi connectivity index (χ1v) is 10.1. The van der Waals surface area contributed by atoms with Crippen molar-refractivity contribution in [3.63, 3.8) is 0 Å². The standard InChI is InChI=1S/C18H18BrCl2N3O/c1-2-14(10-3-4-10)24-9-15(21)22-17(18(24)25)23-6-5-11-7-12(19)8-13(20)16(11)23/h7-10,14H,2-6H2,1H3/t14-/m0/s1. The summed E-state index contributed by atoms with van der Waals surface area (Å²) < 4.78 is 2.72. The molecule has 4 rings (SSSR count). The maximum Gasteiger partial charge on any atom is 0.294 e. The monoisotopic (exact) mass is 441 g/mol. The lowest BCUT2D eigenvalue weighted by Gasteiger charge is -2.23. The van der Waals surface area contributed by atoms with Crippen molar-refractivity contribution in [1.29, 1.82) is 0 Å². The molecule has 2 heterocycles. The highest BCUT2D eigenvalue weighted by Gasteiger charge is 2.34. The molecule has 0 saturated heterocycles. The molecule has 1 aliphatic carbocycles. The first kappa shape index (κ1) is 17.4. The van der Waals surface area contributed by atoms with E-state index in [1.165, 1.54) is 12.8 Å². The Kier molecular flexibility index (Phi) is 4.59. The van der Waals surface area contributed by atoms with Crippen LogP contribution >= 0.6 is 39.1 Å². The first-order chi connectivity index (χ1) is 12.0. The molecular formula is C18H18BrCl2N3O. The van der Waals surface area contributed by atoms with Gasteiger partial charge in [0.2, 0.25) is 5.82 Å². The van der Waals surface area contributed by atoms with E-state index in [0.29, 0.717) is 28.5 Å². The van der Waals surface area contributed by atoms with Crippen LogP contribution in [0.5, 0.6) is 0 Å². The lowest BCUT2D eigenvalue weighted by atomic mass is 10.1. The molecule has 2 aliphatic rings. The van der Waals surface area contributed by atoms with E-state index in [-0.39, 0.29) is 11.6 Å². The molecule has 1 saturated carbocycles. The molecule has 0 N–H and O–H groups in total. The summed E-state index contributed by atoms with van der Waals surface area (Å²) in [6.45, 7) is 2.79. The van der Waals surface area contributed by atoms with E-state index >= 15 is 0 Å². The van der Waals surface area contributed by atoms with Crippen LogP contribution in [0.15, 0.2) is 27.6 Å². The van der Waals surface area contributed by atoms with Gasteiger partial charge in [-0.05, 0) is 49.3 Å². The lowest BCUT2D eigenvalue weighted by molar-refractivity contribution is 0.419. The highest BCUT2D eigenvalue weighted by atomic mass is 79.9. The van der Waals surface area contributed by atoms with Crippen molar-refractivity contribution in [2.75, 3.05) is 11.4 Å². The van der Waals surface area contributed by atoms with Crippen LogP contribution in [0.25, 0.3) is 0 Å². The summed E-state index contributed by atoms with van der Waals surface area (Å²) in [7, 11) is 0. The first-order valence-electron chi connectivity index (χ1n) is 8.53. The predicted octanol–water partition coefficient (Wildman–Crippen LogP) is 5.37. The number of rotatable bonds is 4. The minimum Gasteiger partial charge on any atom is -0.320 e. The topological polar surface area (TPSA) is 38.1 Å². The van der Waals surface area contributed by atoms with Crippen LogP contribution in [0.1, 0.15) is 37.8 Å². The lowest BCUT2D eigenvalue weighted by Crippen LogP contribution is -2.32. The minimum absolute atomic E-state index is 0.0880. The number of aromatic nitrogens is 2. The zero-order valence-electron chi connectivity index (χ0n) is 13.8. The second-order valence-electron chi connectivity index (χ2n) is 6.71. The summed E-state index contributed by atoms with van der Waals surface area (Å²) in [5.74, 6) is 0.939. The number of hydrogen-bond acceptors (Lipinski definition) is 3. The van der Waals surface area contributed by atoms with Crippen molar-refractivity contribution in [3.05, 3.63) is 48.9 Å². The fourth-order valence-electron chi connectivity index (χ4n) is 3.80. The van der Waals surface area contributed by atoms with E-state index in [1.807, 2.05) is 17.0 Å². The van der Waals surface area contributed by atoms with Gasteiger partial charge in [0.05, 0.1) is 10.7 Å². The average molecular weight is 443 g/mol. The van der Waals surface area contributed by atoms with Crippen molar-refractivity contribution in [2.45, 2.75) is 38.6 Å². The SMILES string of the molecule is CC[C@@H](C1CC1)n1cc(Cl)nc(N2CCc3cc(Br)cc(Cl)c32)c1=O. The maximum absolute atomic E-state index is 13.2. The van der Waals surface area contributed by atoms with Crippen LogP contribution in [-0.4, -0.2) is 16.1 Å². The zero-order valence-corrected chi connectivity index (χ0v) is 16.9. The zero-order chi connectivity index (χ0) is 17.7. The van der Waals surface area contributed by atoms with Gasteiger partial charge in [0, 0.05) is 23.3 Å². The van der Waals surface area contributed by atoms with Crippen molar-refractivity contribution in [2.24, 2.45) is 5.92 Å². The van der Waals surface area contributed by atoms with Gasteiger partial charge in [-0.15, -0.1) is 0 Å². The Balaban J connectivity index is 1.83. The molecule has 0 amide bonds. The third kappa shape index (κ3) is 3.11. The fraction of sp³-hybridized carbons (Fsp3) is 0.444. The fourth-order valence-corrected chi connectivity index (χ4v) is 4.96. The van der Waals surface area contributed by atoms with Gasteiger partial charge in [0.25, 0.3) is 5.56 Å². The Morgan fingerprint density at radius 1 is 1.36 bits per heavy atom. The Bertz CT molecular complexity index is 895. The number of nitrogens with zero attached hydrogens (tertiary/aromatic N) is 3. The molecule has 0 unspecified atom stereocenters. The van der Waals surface area contributed by atoms with E-state index in [0.717, 1.165) is 28.6 Å². The third-order valence-corrected chi connectivity index (χ3v) is 5.99. The molecular weight excluding hydrogens is 425 g/mol. The second kappa shape index (κ2) is 6.60. The molecule has 7 heteroatoms. The van der Waals surface area contributed by atoms with Gasteiger partial charge in [-0.1, -0.05) is 46.1 Å². The molecule has 4 nitrogen and oxygen atoms in total. The molecule has 1 aromatic heterocycles. The van der Waals surface area contributed by atoms with E-state index in [2.05, 4.69) is 27.8 Å². The van der Waals surface area contributed by atoms with E-state index in [9.17, 15) is 4.79 Å². The van der Waals surface area contributed by atoms with E-state index in [1.54, 1.807) is 10.8 Å². The Morgan fingerprint density at radius 2 is 2.12 bits per heavy atom. The van der Waals surface area contributed by atoms with Gasteiger partial charge in [-0.25, -0.2) is 4.98 Å². The Morgan fingerprint density at radius 3 is 2.80 bits per heavy atom. The largest absolute Gasteiger partial charge is 0.320 e. The highest BCUT2D eigenvalue weighted by molar-refractivity contribution is 9.10. The molecule has 1 fully saturated rings. The Labute approximate surface area is 164 Å². The predicted molar refractivity (Wildman–Crippen MR) is 105 cm³/mol. The van der Waals surface area contributed by atoms with Crippen molar-refractivity contribution >= 4 is 50.6 Å². The minimum atomic E-state index is -0.0880. The van der Waals surface area contributed by atoms with Crippen LogP contribution in [0.2, 0.25) is 10.2 Å². The summed E-state index contributed by atoms with van der Waals surface area (Å²) in [6.07, 6.45) is 5.76. The summed E-state index contributed by atoms with van der Waals surface area (Å²) in [4.78, 5) is 19.4. The van der Waals surface area contributed by atoms with Gasteiger partial charge >= 0.3 is 0 Å². The molecule has 132 valence electrons. The van der Waals surface area contributed by atoms with Crippen molar-refractivity contribution in [3.8, 4) is 0 Å². The number of fused-ring (bicyclic) bond motifs is 1. The maximum atomic E-state index is 13.2. The summed E-state index contributed by atoms with van der Waals surface area (Å²) in [5, 5.41) is 0.958. The molecule has 0 bridgehead atoms. The number of anilines is 2. The average Bonchev–Trinajstić information content (AvgIpc) is 3.30. The van der Waals surface area contributed by atoms with Crippen LogP contribution < -0.4 is 10.5 Å². The van der Waals surface area contributed by atoms with Crippen LogP contribution in [0.3, 0.4) is 0 Å². The Hall–Kier alpha value is -1.04. The summed E-state index contributed by atoms with van der Waals surface area (Å²) in [5.41, 5.74) is 1.89. The number of halogens is 3. The van der Waals surface area contributed by atoms with E-state index in [4.69, 9.17) is 23.2 Å². The second-order valence-corrected chi connectivity index (χ2v) is 8.42. The summed E-state index contributed by atoms with van der Waals surface area (Å²) >= 11 is 16.2. The molecule has 0 spiro atoms. The molecule has 2 aromatic rings. The van der Waals surface area contributed by atoms with Crippen LogP contribution in [0, 0.1) is 5.92 Å². The van der Waals surface area contributed by atoms with Crippen molar-refractivity contribution < 1.29 is 0 Å². The molecule has 25 heavy (non-hydrogen) atoms. The van der Waals surface area contributed by atoms with Gasteiger partial charge in [0.15, 0.2) is 0 Å². The van der Waals surface area contributed by atoms with Gasteiger partial charge < -0.3 is 9.47 Å². The summed E-state index contributed by atoms with van der Waals surface area (Å²) in [6, 6.07) is 4.08. The highest BCUT2D eigenvalue weighted by Crippen LogP contribution is 2.43. The van der Waals surface area contributed by atoms with Crippen molar-refractivity contribution in [1.82, 2.24) is 9.55 Å². The molecule has 0 radical (unpaired) electrons. The number of benzene rings is 1. The number of hydrogen-bond donors (Lipinski definition) is 0. The normalized spacial score (nSPS) is 17.7.